The van der Waals surface area contributed by atoms with Crippen molar-refractivity contribution in [1.29, 1.82) is 0 Å². The molecular formula is C22H25N5O5S. The van der Waals surface area contributed by atoms with Crippen LogP contribution in [0.2, 0.25) is 0 Å². The summed E-state index contributed by atoms with van der Waals surface area (Å²) in [5.74, 6) is 1.45. The molecule has 1 aromatic heterocycles. The van der Waals surface area contributed by atoms with E-state index in [0.717, 1.165) is 32.8 Å². The zero-order valence-electron chi connectivity index (χ0n) is 18.0. The number of morpholine rings is 1. The van der Waals surface area contributed by atoms with Crippen LogP contribution in [0.25, 0.3) is 11.0 Å². The molecule has 0 bridgehead atoms. The lowest BCUT2D eigenvalue weighted by molar-refractivity contribution is 0.0398. The fraction of sp³-hybridized carbons (Fsp3) is 0.364. The number of hydrogen-bond acceptors (Lipinski definition) is 9. The molecule has 2 aliphatic rings. The molecule has 10 nitrogen and oxygen atoms in total. The number of hydrogen-bond donors (Lipinski definition) is 2. The monoisotopic (exact) mass is 471 g/mol. The maximum Gasteiger partial charge on any atom is 0.263 e. The van der Waals surface area contributed by atoms with E-state index in [4.69, 9.17) is 14.2 Å². The zero-order chi connectivity index (χ0) is 22.7. The van der Waals surface area contributed by atoms with Crippen molar-refractivity contribution in [3.05, 3.63) is 42.5 Å². The minimum atomic E-state index is -3.94. The van der Waals surface area contributed by atoms with Crippen LogP contribution in [-0.4, -0.2) is 75.9 Å². The molecule has 0 saturated carbocycles. The highest BCUT2D eigenvalue weighted by atomic mass is 32.2. The molecule has 11 heteroatoms. The molecule has 1 saturated heterocycles. The van der Waals surface area contributed by atoms with Gasteiger partial charge in [-0.05, 0) is 24.3 Å². The molecular weight excluding hydrogens is 446 g/mol. The Kier molecular flexibility index (Phi) is 6.16. The summed E-state index contributed by atoms with van der Waals surface area (Å²) in [6.45, 7) is 5.36. The number of nitrogens with one attached hydrogen (secondary N) is 2. The number of benzene rings is 2. The number of fused-ring (bicyclic) bond motifs is 2. The minimum Gasteiger partial charge on any atom is -0.486 e. The van der Waals surface area contributed by atoms with Crippen molar-refractivity contribution >= 4 is 32.7 Å². The van der Waals surface area contributed by atoms with Gasteiger partial charge in [0.05, 0.1) is 29.1 Å². The summed E-state index contributed by atoms with van der Waals surface area (Å²) in [7, 11) is -3.94. The number of aromatic nitrogens is 2. The van der Waals surface area contributed by atoms with E-state index >= 15 is 0 Å². The number of ether oxygens (including phenoxy) is 3. The van der Waals surface area contributed by atoms with Crippen molar-refractivity contribution in [3.63, 3.8) is 0 Å². The second-order valence-electron chi connectivity index (χ2n) is 7.70. The molecule has 1 fully saturated rings. The summed E-state index contributed by atoms with van der Waals surface area (Å²) >= 11 is 0. The second kappa shape index (κ2) is 9.38. The van der Waals surface area contributed by atoms with E-state index in [1.54, 1.807) is 12.1 Å². The van der Waals surface area contributed by atoms with Crippen LogP contribution in [0.5, 0.6) is 11.5 Å². The Morgan fingerprint density at radius 3 is 2.33 bits per heavy atom. The lowest BCUT2D eigenvalue weighted by Gasteiger charge is -2.26. The number of anilines is 2. The van der Waals surface area contributed by atoms with Crippen molar-refractivity contribution in [2.24, 2.45) is 0 Å². The highest BCUT2D eigenvalue weighted by Crippen LogP contribution is 2.33. The Labute approximate surface area is 191 Å². The molecule has 2 N–H and O–H groups in total. The smallest absolute Gasteiger partial charge is 0.263 e. The lowest BCUT2D eigenvalue weighted by Crippen LogP contribution is -2.39. The average molecular weight is 472 g/mol. The van der Waals surface area contributed by atoms with Crippen molar-refractivity contribution in [3.8, 4) is 11.5 Å². The van der Waals surface area contributed by atoms with Crippen molar-refractivity contribution in [2.45, 2.75) is 4.90 Å². The summed E-state index contributed by atoms with van der Waals surface area (Å²) in [4.78, 5) is 11.5. The number of nitrogens with zero attached hydrogens (tertiary/aromatic N) is 3. The zero-order valence-corrected chi connectivity index (χ0v) is 18.8. The largest absolute Gasteiger partial charge is 0.486 e. The SMILES string of the molecule is O=S(=O)(Nc1nc2ccccc2nc1NCCN1CCOCC1)c1ccc2c(c1)OCCO2. The van der Waals surface area contributed by atoms with Crippen LogP contribution in [0.15, 0.2) is 47.4 Å². The lowest BCUT2D eigenvalue weighted by atomic mass is 10.3. The molecule has 3 aromatic rings. The molecule has 174 valence electrons. The minimum absolute atomic E-state index is 0.0565. The van der Waals surface area contributed by atoms with E-state index in [1.807, 2.05) is 18.2 Å². The third-order valence-corrected chi connectivity index (χ3v) is 6.79. The second-order valence-corrected chi connectivity index (χ2v) is 9.38. The van der Waals surface area contributed by atoms with E-state index < -0.39 is 10.0 Å². The maximum absolute atomic E-state index is 13.2. The molecule has 0 aliphatic carbocycles. The summed E-state index contributed by atoms with van der Waals surface area (Å²) in [6.07, 6.45) is 0. The summed E-state index contributed by atoms with van der Waals surface area (Å²) < 4.78 is 45.3. The maximum atomic E-state index is 13.2. The van der Waals surface area contributed by atoms with Gasteiger partial charge in [-0.15, -0.1) is 0 Å². The van der Waals surface area contributed by atoms with E-state index in [-0.39, 0.29) is 10.7 Å². The summed E-state index contributed by atoms with van der Waals surface area (Å²) in [5, 5.41) is 3.25. The van der Waals surface area contributed by atoms with Crippen LogP contribution in [0, 0.1) is 0 Å². The van der Waals surface area contributed by atoms with E-state index in [9.17, 15) is 8.42 Å². The van der Waals surface area contributed by atoms with Gasteiger partial charge in [0, 0.05) is 32.2 Å². The molecule has 0 unspecified atom stereocenters. The first-order valence-corrected chi connectivity index (χ1v) is 12.3. The van der Waals surface area contributed by atoms with Gasteiger partial charge in [-0.25, -0.2) is 18.4 Å². The fourth-order valence-electron chi connectivity index (χ4n) is 3.73. The van der Waals surface area contributed by atoms with Gasteiger partial charge in [-0.2, -0.15) is 0 Å². The number of rotatable bonds is 7. The number of para-hydroxylation sites is 2. The Morgan fingerprint density at radius 1 is 0.879 bits per heavy atom. The van der Waals surface area contributed by atoms with Crippen LogP contribution in [-0.2, 0) is 14.8 Å². The van der Waals surface area contributed by atoms with Crippen molar-refractivity contribution < 1.29 is 22.6 Å². The molecule has 5 rings (SSSR count). The van der Waals surface area contributed by atoms with Gasteiger partial charge in [-0.3, -0.25) is 9.62 Å². The quantitative estimate of drug-likeness (QED) is 0.533. The molecule has 0 atom stereocenters. The van der Waals surface area contributed by atoms with Gasteiger partial charge in [-0.1, -0.05) is 12.1 Å². The van der Waals surface area contributed by atoms with Crippen LogP contribution in [0.4, 0.5) is 11.6 Å². The number of sulfonamides is 1. The van der Waals surface area contributed by atoms with Crippen LogP contribution < -0.4 is 19.5 Å². The van der Waals surface area contributed by atoms with Gasteiger partial charge in [0.15, 0.2) is 23.1 Å². The highest BCUT2D eigenvalue weighted by molar-refractivity contribution is 7.92. The Bertz CT molecular complexity index is 1250. The van der Waals surface area contributed by atoms with Gasteiger partial charge >= 0.3 is 0 Å². The van der Waals surface area contributed by atoms with Gasteiger partial charge < -0.3 is 19.5 Å². The summed E-state index contributed by atoms with van der Waals surface area (Å²) in [6, 6.07) is 11.9. The van der Waals surface area contributed by atoms with Crippen molar-refractivity contribution in [2.75, 3.05) is 62.6 Å². The predicted octanol–water partition coefficient (Wildman–Crippen LogP) is 1.95. The molecule has 2 aliphatic heterocycles. The first kappa shape index (κ1) is 21.7. The third-order valence-electron chi connectivity index (χ3n) is 5.45. The Balaban J connectivity index is 1.40. The average Bonchev–Trinajstić information content (AvgIpc) is 2.84. The van der Waals surface area contributed by atoms with Gasteiger partial charge in [0.25, 0.3) is 10.0 Å². The molecule has 2 aromatic carbocycles. The molecule has 0 spiro atoms. The van der Waals surface area contributed by atoms with Gasteiger partial charge in [0.2, 0.25) is 0 Å². The van der Waals surface area contributed by atoms with Crippen LogP contribution >= 0.6 is 0 Å². The van der Waals surface area contributed by atoms with E-state index in [2.05, 4.69) is 24.9 Å². The topological polar surface area (TPSA) is 115 Å². The van der Waals surface area contributed by atoms with Crippen LogP contribution in [0.3, 0.4) is 0 Å². The van der Waals surface area contributed by atoms with E-state index in [1.165, 1.54) is 12.1 Å². The first-order chi connectivity index (χ1) is 16.1. The molecule has 0 amide bonds. The molecule has 0 radical (unpaired) electrons. The third kappa shape index (κ3) is 4.95. The predicted molar refractivity (Wildman–Crippen MR) is 124 cm³/mol. The van der Waals surface area contributed by atoms with Gasteiger partial charge in [0.1, 0.15) is 13.2 Å². The molecule has 3 heterocycles. The Morgan fingerprint density at radius 2 is 1.58 bits per heavy atom. The highest BCUT2D eigenvalue weighted by Gasteiger charge is 2.22. The van der Waals surface area contributed by atoms with E-state index in [0.29, 0.717) is 48.1 Å². The summed E-state index contributed by atoms with van der Waals surface area (Å²) in [5.41, 5.74) is 1.27. The fourth-order valence-corrected chi connectivity index (χ4v) is 4.75. The molecule has 33 heavy (non-hydrogen) atoms. The van der Waals surface area contributed by atoms with Crippen molar-refractivity contribution in [1.82, 2.24) is 14.9 Å². The first-order valence-electron chi connectivity index (χ1n) is 10.8. The Hall–Kier alpha value is -3.15. The standard InChI is InChI=1S/C22H25N5O5S/c28-33(29,16-5-6-19-20(15-16)32-14-13-31-19)26-22-21(23-7-8-27-9-11-30-12-10-27)24-17-3-1-2-4-18(17)25-22/h1-6,15H,7-14H2,(H,23,24)(H,25,26). The normalized spacial score (nSPS) is 16.5. The van der Waals surface area contributed by atoms with Crippen LogP contribution in [0.1, 0.15) is 0 Å².